The third kappa shape index (κ3) is 1.12. The number of fused-ring (bicyclic) bond motifs is 6. The first-order valence-corrected chi connectivity index (χ1v) is 7.93. The van der Waals surface area contributed by atoms with Crippen molar-refractivity contribution in [3.8, 4) is 0 Å². The van der Waals surface area contributed by atoms with Crippen LogP contribution in [0.15, 0.2) is 10.1 Å². The Balaban J connectivity index is 2.03. The van der Waals surface area contributed by atoms with Crippen LogP contribution in [-0.2, 0) is 14.3 Å². The van der Waals surface area contributed by atoms with Gasteiger partial charge in [0.15, 0.2) is 28.1 Å². The molecule has 2 bridgehead atoms. The first-order chi connectivity index (χ1) is 9.11. The predicted molar refractivity (Wildman–Crippen MR) is 76.0 cm³/mol. The summed E-state index contributed by atoms with van der Waals surface area (Å²) in [7, 11) is 0. The summed E-state index contributed by atoms with van der Waals surface area (Å²) in [6.07, 6.45) is -1.60. The van der Waals surface area contributed by atoms with E-state index in [1.807, 2.05) is 0 Å². The number of ketones is 2. The van der Waals surface area contributed by atoms with Crippen molar-refractivity contribution in [1.82, 2.24) is 0 Å². The quantitative estimate of drug-likeness (QED) is 0.467. The summed E-state index contributed by atoms with van der Waals surface area (Å²) < 4.78 is 3.22. The van der Waals surface area contributed by atoms with E-state index in [9.17, 15) is 9.59 Å². The summed E-state index contributed by atoms with van der Waals surface area (Å²) in [5.41, 5.74) is 0. The highest BCUT2D eigenvalue weighted by Crippen LogP contribution is 2.77. The lowest BCUT2D eigenvalue weighted by Crippen LogP contribution is -2.51. The fourth-order valence-electron chi connectivity index (χ4n) is 3.60. The van der Waals surface area contributed by atoms with Crippen LogP contribution in [0.3, 0.4) is 0 Å². The van der Waals surface area contributed by atoms with Gasteiger partial charge in [0.05, 0.1) is 21.9 Å². The van der Waals surface area contributed by atoms with E-state index in [2.05, 4.69) is 0 Å². The van der Waals surface area contributed by atoms with Crippen LogP contribution in [0.5, 0.6) is 0 Å². The van der Waals surface area contributed by atoms with Gasteiger partial charge >= 0.3 is 0 Å². The van der Waals surface area contributed by atoms with Gasteiger partial charge in [0, 0.05) is 0 Å². The van der Waals surface area contributed by atoms with Gasteiger partial charge in [0.2, 0.25) is 0 Å². The summed E-state index contributed by atoms with van der Waals surface area (Å²) in [6, 6.07) is 0. The third-order valence-electron chi connectivity index (χ3n) is 4.60. The Morgan fingerprint density at radius 1 is 0.800 bits per heavy atom. The molecule has 3 nitrogen and oxygen atoms in total. The fraction of sp³-hybridized carbons (Fsp3) is 0.636. The van der Waals surface area contributed by atoms with E-state index >= 15 is 0 Å². The van der Waals surface area contributed by atoms with Crippen molar-refractivity contribution in [3.05, 3.63) is 10.1 Å². The second-order valence-corrected chi connectivity index (χ2v) is 8.64. The molecule has 20 heavy (non-hydrogen) atoms. The van der Waals surface area contributed by atoms with Gasteiger partial charge < -0.3 is 4.74 Å². The number of carbonyl (C=O) groups excluding carboxylic acids is 2. The number of hydrogen-bond acceptors (Lipinski definition) is 3. The molecule has 0 N–H and O–H groups in total. The summed E-state index contributed by atoms with van der Waals surface area (Å²) >= 11 is 37.9. The monoisotopic (exact) mass is 394 g/mol. The number of ether oxygens (including phenoxy) is 1. The van der Waals surface area contributed by atoms with Gasteiger partial charge in [-0.1, -0.05) is 46.4 Å². The van der Waals surface area contributed by atoms with Crippen LogP contribution < -0.4 is 0 Å². The molecule has 0 aromatic carbocycles. The van der Waals surface area contributed by atoms with Crippen molar-refractivity contribution in [3.63, 3.8) is 0 Å². The average Bonchev–Trinajstić information content (AvgIpc) is 3.14. The second-order valence-electron chi connectivity index (χ2n) is 5.36. The highest BCUT2D eigenvalue weighted by Gasteiger charge is 2.88. The molecular formula is C11H4Cl6O3. The van der Waals surface area contributed by atoms with Gasteiger partial charge in [-0.3, -0.25) is 9.59 Å². The molecule has 6 atom stereocenters. The largest absolute Gasteiger partial charge is 0.353 e. The van der Waals surface area contributed by atoms with Crippen LogP contribution in [0, 0.1) is 11.8 Å². The Morgan fingerprint density at radius 3 is 1.50 bits per heavy atom. The van der Waals surface area contributed by atoms with Crippen LogP contribution in [0.25, 0.3) is 0 Å². The van der Waals surface area contributed by atoms with Gasteiger partial charge in [-0.25, -0.2) is 0 Å². The maximum absolute atomic E-state index is 12.4. The van der Waals surface area contributed by atoms with Crippen LogP contribution in [0.4, 0.5) is 0 Å². The molecule has 4 rings (SSSR count). The molecule has 1 heterocycles. The minimum Gasteiger partial charge on any atom is -0.353 e. The zero-order valence-corrected chi connectivity index (χ0v) is 13.8. The zero-order valence-electron chi connectivity index (χ0n) is 9.30. The Bertz CT molecular complexity index is 580. The van der Waals surface area contributed by atoms with E-state index in [4.69, 9.17) is 74.3 Å². The lowest BCUT2D eigenvalue weighted by molar-refractivity contribution is -0.135. The van der Waals surface area contributed by atoms with E-state index < -0.39 is 38.1 Å². The molecule has 4 aliphatic rings. The van der Waals surface area contributed by atoms with E-state index in [1.54, 1.807) is 0 Å². The molecule has 1 saturated heterocycles. The Labute approximate surface area is 143 Å². The molecule has 1 aliphatic heterocycles. The Hall–Kier alpha value is 0.780. The predicted octanol–water partition coefficient (Wildman–Crippen LogP) is 2.98. The number of carbonyl (C=O) groups is 2. The van der Waals surface area contributed by atoms with Gasteiger partial charge in [0.25, 0.3) is 0 Å². The van der Waals surface area contributed by atoms with Crippen LogP contribution in [0.1, 0.15) is 0 Å². The van der Waals surface area contributed by atoms with Crippen molar-refractivity contribution in [2.75, 3.05) is 0 Å². The van der Waals surface area contributed by atoms with E-state index in [1.165, 1.54) is 0 Å². The summed E-state index contributed by atoms with van der Waals surface area (Å²) in [6.45, 7) is 0. The standard InChI is InChI=1S/C11H4Cl6O3/c12-7-8(13)10(15)2-1(9(7,14)11(10,16)17)3(18)5-6(20-5)4(2)19/h1-2,5-6H/t1-,2-,5-,6-,9-,10+/m1/s1. The molecule has 0 amide bonds. The fourth-order valence-corrected chi connectivity index (χ4v) is 6.56. The minimum absolute atomic E-state index is 0.0812. The van der Waals surface area contributed by atoms with E-state index in [0.29, 0.717) is 0 Å². The summed E-state index contributed by atoms with van der Waals surface area (Å²) in [5.74, 6) is -2.79. The molecule has 0 aromatic heterocycles. The molecule has 3 fully saturated rings. The van der Waals surface area contributed by atoms with E-state index in [0.717, 1.165) is 0 Å². The Kier molecular flexibility index (Phi) is 2.62. The normalized spacial score (nSPS) is 55.1. The topological polar surface area (TPSA) is 46.7 Å². The van der Waals surface area contributed by atoms with Gasteiger partial charge in [0.1, 0.15) is 9.75 Å². The van der Waals surface area contributed by atoms with E-state index in [-0.39, 0.29) is 21.6 Å². The minimum atomic E-state index is -1.87. The van der Waals surface area contributed by atoms with Gasteiger partial charge in [-0.15, -0.1) is 23.2 Å². The first-order valence-electron chi connectivity index (χ1n) is 5.66. The number of allylic oxidation sites excluding steroid dienone is 2. The molecule has 0 unspecified atom stereocenters. The van der Waals surface area contributed by atoms with Gasteiger partial charge in [-0.05, 0) is 0 Å². The molecule has 9 heteroatoms. The third-order valence-corrected chi connectivity index (χ3v) is 8.86. The number of hydrogen-bond donors (Lipinski definition) is 0. The maximum Gasteiger partial charge on any atom is 0.170 e. The lowest BCUT2D eigenvalue weighted by atomic mass is 9.71. The average molecular weight is 397 g/mol. The van der Waals surface area contributed by atoms with Crippen LogP contribution in [0.2, 0.25) is 0 Å². The summed E-state index contributed by atoms with van der Waals surface area (Å²) in [4.78, 5) is 21.4. The molecule has 2 saturated carbocycles. The van der Waals surface area contributed by atoms with Gasteiger partial charge in [-0.2, -0.15) is 0 Å². The SMILES string of the molecule is O=C1[C@H]2O[C@@H]2C(=O)[C@H]2[C@H]1[C@]1(Cl)C(Cl)=C(Cl)[C@@]2(Cl)C1(Cl)Cl. The first kappa shape index (κ1) is 14.4. The molecule has 3 aliphatic carbocycles. The van der Waals surface area contributed by atoms with Crippen molar-refractivity contribution in [2.45, 2.75) is 26.3 Å². The number of halogens is 6. The zero-order chi connectivity index (χ0) is 14.8. The highest BCUT2D eigenvalue weighted by molar-refractivity contribution is 6.66. The Morgan fingerprint density at radius 2 is 1.15 bits per heavy atom. The lowest BCUT2D eigenvalue weighted by Gasteiger charge is -2.36. The number of alkyl halides is 4. The number of Topliss-reactive ketones (excluding diaryl/α,β-unsaturated/α-hetero) is 2. The highest BCUT2D eigenvalue weighted by atomic mass is 35.5. The summed E-state index contributed by atoms with van der Waals surface area (Å²) in [5, 5.41) is -0.162. The molecule has 108 valence electrons. The number of rotatable bonds is 0. The van der Waals surface area contributed by atoms with Crippen molar-refractivity contribution >= 4 is 81.2 Å². The molecular weight excluding hydrogens is 393 g/mol. The van der Waals surface area contributed by atoms with Crippen molar-refractivity contribution in [1.29, 1.82) is 0 Å². The number of epoxide rings is 1. The maximum atomic E-state index is 12.4. The van der Waals surface area contributed by atoms with Crippen molar-refractivity contribution < 1.29 is 14.3 Å². The smallest absolute Gasteiger partial charge is 0.170 e. The van der Waals surface area contributed by atoms with Crippen molar-refractivity contribution in [2.24, 2.45) is 11.8 Å². The molecule has 0 spiro atoms. The van der Waals surface area contributed by atoms with Crippen LogP contribution >= 0.6 is 69.6 Å². The molecule has 0 radical (unpaired) electrons. The second kappa shape index (κ2) is 3.64. The van der Waals surface area contributed by atoms with Crippen LogP contribution in [-0.4, -0.2) is 37.9 Å². The molecule has 0 aromatic rings.